The first-order chi connectivity index (χ1) is 11.4. The zero-order chi connectivity index (χ0) is 15.6. The van der Waals surface area contributed by atoms with Crippen molar-refractivity contribution in [3.05, 3.63) is 72.9 Å². The molecule has 2 aromatic carbocycles. The summed E-state index contributed by atoms with van der Waals surface area (Å²) in [6, 6.07) is 21.9. The lowest BCUT2D eigenvalue weighted by Gasteiger charge is -2.11. The molecule has 0 amide bonds. The summed E-state index contributed by atoms with van der Waals surface area (Å²) in [5.74, 6) is 1.61. The van der Waals surface area contributed by atoms with Crippen molar-refractivity contribution in [3.63, 3.8) is 0 Å². The summed E-state index contributed by atoms with van der Waals surface area (Å²) in [7, 11) is 1.67. The van der Waals surface area contributed by atoms with E-state index < -0.39 is 0 Å². The van der Waals surface area contributed by atoms with Crippen molar-refractivity contribution < 1.29 is 4.74 Å². The molecule has 0 saturated heterocycles. The van der Waals surface area contributed by atoms with Gasteiger partial charge >= 0.3 is 0 Å². The zero-order valence-corrected chi connectivity index (χ0v) is 12.7. The first kappa shape index (κ1) is 13.5. The van der Waals surface area contributed by atoms with Gasteiger partial charge in [0.1, 0.15) is 11.3 Å². The molecule has 4 nitrogen and oxygen atoms in total. The van der Waals surface area contributed by atoms with E-state index in [9.17, 15) is 0 Å². The number of pyridine rings is 1. The number of rotatable bonds is 3. The molecule has 0 aliphatic heterocycles. The van der Waals surface area contributed by atoms with E-state index in [0.717, 1.165) is 34.0 Å². The summed E-state index contributed by atoms with van der Waals surface area (Å²) in [6.45, 7) is 0. The number of aromatic nitrogens is 3. The molecule has 0 fully saturated rings. The van der Waals surface area contributed by atoms with Crippen molar-refractivity contribution in [2.45, 2.75) is 0 Å². The van der Waals surface area contributed by atoms with Gasteiger partial charge in [-0.2, -0.15) is 0 Å². The Hall–Kier alpha value is -3.14. The highest BCUT2D eigenvalue weighted by Gasteiger charge is 2.17. The number of methoxy groups -OCH3 is 1. The Morgan fingerprint density at radius 3 is 2.48 bits per heavy atom. The molecule has 4 rings (SSSR count). The molecular weight excluding hydrogens is 286 g/mol. The predicted octanol–water partition coefficient (Wildman–Crippen LogP) is 4.10. The minimum Gasteiger partial charge on any atom is -0.496 e. The Morgan fingerprint density at radius 2 is 1.65 bits per heavy atom. The van der Waals surface area contributed by atoms with Crippen molar-refractivity contribution in [2.24, 2.45) is 0 Å². The maximum atomic E-state index is 5.51. The van der Waals surface area contributed by atoms with Crippen LogP contribution in [0.1, 0.15) is 0 Å². The van der Waals surface area contributed by atoms with Gasteiger partial charge in [-0.05, 0) is 36.4 Å². The summed E-state index contributed by atoms with van der Waals surface area (Å²) in [5.41, 5.74) is 3.66. The van der Waals surface area contributed by atoms with Crippen LogP contribution in [0.5, 0.6) is 5.75 Å². The molecule has 2 aromatic heterocycles. The van der Waals surface area contributed by atoms with Gasteiger partial charge in [0, 0.05) is 11.9 Å². The number of hydrogen-bond donors (Lipinski definition) is 0. The van der Waals surface area contributed by atoms with Crippen LogP contribution in [0.25, 0.3) is 28.2 Å². The molecule has 0 bridgehead atoms. The number of ether oxygens (including phenoxy) is 1. The van der Waals surface area contributed by atoms with Crippen LogP contribution in [0.2, 0.25) is 0 Å². The summed E-state index contributed by atoms with van der Waals surface area (Å²) in [4.78, 5) is 9.31. The topological polar surface area (TPSA) is 39.9 Å². The fraction of sp³-hybridized carbons (Fsp3) is 0.0526. The number of fused-ring (bicyclic) bond motifs is 1. The van der Waals surface area contributed by atoms with Gasteiger partial charge in [-0.25, -0.2) is 9.97 Å². The maximum Gasteiger partial charge on any atom is 0.164 e. The average molecular weight is 301 g/mol. The Labute approximate surface area is 134 Å². The summed E-state index contributed by atoms with van der Waals surface area (Å²) in [6.07, 6.45) is 1.79. The van der Waals surface area contributed by atoms with Gasteiger partial charge in [-0.3, -0.25) is 4.57 Å². The van der Waals surface area contributed by atoms with Crippen LogP contribution in [0.3, 0.4) is 0 Å². The molecule has 2 heterocycles. The highest BCUT2D eigenvalue weighted by molar-refractivity contribution is 5.81. The number of hydrogen-bond acceptors (Lipinski definition) is 3. The van der Waals surface area contributed by atoms with Crippen LogP contribution in [-0.2, 0) is 0 Å². The van der Waals surface area contributed by atoms with Crippen molar-refractivity contribution in [1.82, 2.24) is 14.5 Å². The lowest BCUT2D eigenvalue weighted by molar-refractivity contribution is 0.416. The maximum absolute atomic E-state index is 5.51. The molecule has 0 atom stereocenters. The predicted molar refractivity (Wildman–Crippen MR) is 90.9 cm³/mol. The summed E-state index contributed by atoms with van der Waals surface area (Å²) >= 11 is 0. The van der Waals surface area contributed by atoms with Gasteiger partial charge in [0.15, 0.2) is 11.5 Å². The van der Waals surface area contributed by atoms with E-state index in [1.165, 1.54) is 0 Å². The second kappa shape index (κ2) is 5.57. The number of nitrogens with zero attached hydrogens (tertiary/aromatic N) is 3. The first-order valence-electron chi connectivity index (χ1n) is 7.41. The molecular formula is C19H15N3O. The van der Waals surface area contributed by atoms with E-state index >= 15 is 0 Å². The monoisotopic (exact) mass is 301 g/mol. The molecule has 0 saturated carbocycles. The SMILES string of the molecule is COc1ccccc1-c1nc2cccnc2n1-c1ccccc1. The third-order valence-electron chi connectivity index (χ3n) is 3.78. The van der Waals surface area contributed by atoms with E-state index in [-0.39, 0.29) is 0 Å². The highest BCUT2D eigenvalue weighted by Crippen LogP contribution is 2.33. The minimum absolute atomic E-state index is 0.792. The standard InChI is InChI=1S/C19H15N3O/c1-23-17-12-6-5-10-15(17)18-21-16-11-7-13-20-19(16)22(18)14-8-3-2-4-9-14/h2-13H,1H3. The molecule has 0 aliphatic carbocycles. The molecule has 0 aliphatic rings. The van der Waals surface area contributed by atoms with Crippen LogP contribution in [0.15, 0.2) is 72.9 Å². The van der Waals surface area contributed by atoms with Crippen LogP contribution in [-0.4, -0.2) is 21.6 Å². The number of benzene rings is 2. The number of imidazole rings is 1. The van der Waals surface area contributed by atoms with Gasteiger partial charge in [-0.15, -0.1) is 0 Å². The van der Waals surface area contributed by atoms with Crippen LogP contribution in [0.4, 0.5) is 0 Å². The Bertz CT molecular complexity index is 961. The Balaban J connectivity index is 2.07. The van der Waals surface area contributed by atoms with Crippen molar-refractivity contribution in [2.75, 3.05) is 7.11 Å². The highest BCUT2D eigenvalue weighted by atomic mass is 16.5. The van der Waals surface area contributed by atoms with Gasteiger partial charge < -0.3 is 4.74 Å². The van der Waals surface area contributed by atoms with E-state index in [0.29, 0.717) is 0 Å². The summed E-state index contributed by atoms with van der Waals surface area (Å²) < 4.78 is 7.58. The van der Waals surface area contributed by atoms with Gasteiger partial charge in [-0.1, -0.05) is 30.3 Å². The van der Waals surface area contributed by atoms with Crippen molar-refractivity contribution in [3.8, 4) is 22.8 Å². The molecule has 0 radical (unpaired) electrons. The first-order valence-corrected chi connectivity index (χ1v) is 7.41. The molecule has 112 valence electrons. The molecule has 0 N–H and O–H groups in total. The quantitative estimate of drug-likeness (QED) is 0.572. The molecule has 0 spiro atoms. The third-order valence-corrected chi connectivity index (χ3v) is 3.78. The van der Waals surface area contributed by atoms with Gasteiger partial charge in [0.25, 0.3) is 0 Å². The Morgan fingerprint density at radius 1 is 0.870 bits per heavy atom. The van der Waals surface area contributed by atoms with E-state index in [2.05, 4.69) is 21.7 Å². The van der Waals surface area contributed by atoms with Crippen LogP contribution >= 0.6 is 0 Å². The minimum atomic E-state index is 0.792. The fourth-order valence-corrected chi connectivity index (χ4v) is 2.74. The molecule has 4 aromatic rings. The summed E-state index contributed by atoms with van der Waals surface area (Å²) in [5, 5.41) is 0. The molecule has 4 heteroatoms. The van der Waals surface area contributed by atoms with Crippen LogP contribution in [0, 0.1) is 0 Å². The second-order valence-electron chi connectivity index (χ2n) is 5.15. The fourth-order valence-electron chi connectivity index (χ4n) is 2.74. The lowest BCUT2D eigenvalue weighted by Crippen LogP contribution is -1.99. The molecule has 0 unspecified atom stereocenters. The van der Waals surface area contributed by atoms with Gasteiger partial charge in [0.2, 0.25) is 0 Å². The third kappa shape index (κ3) is 2.25. The van der Waals surface area contributed by atoms with Gasteiger partial charge in [0.05, 0.1) is 12.7 Å². The van der Waals surface area contributed by atoms with E-state index in [4.69, 9.17) is 9.72 Å². The normalized spacial score (nSPS) is 10.8. The Kier molecular flexibility index (Phi) is 3.27. The van der Waals surface area contributed by atoms with E-state index in [1.807, 2.05) is 54.6 Å². The smallest absolute Gasteiger partial charge is 0.164 e. The van der Waals surface area contributed by atoms with Crippen molar-refractivity contribution >= 4 is 11.2 Å². The van der Waals surface area contributed by atoms with Crippen molar-refractivity contribution in [1.29, 1.82) is 0 Å². The largest absolute Gasteiger partial charge is 0.496 e. The molecule has 23 heavy (non-hydrogen) atoms. The van der Waals surface area contributed by atoms with E-state index in [1.54, 1.807) is 13.3 Å². The average Bonchev–Trinajstić information content (AvgIpc) is 3.01. The van der Waals surface area contributed by atoms with Crippen LogP contribution < -0.4 is 4.74 Å². The second-order valence-corrected chi connectivity index (χ2v) is 5.15. The number of para-hydroxylation sites is 2. The lowest BCUT2D eigenvalue weighted by atomic mass is 10.2. The zero-order valence-electron chi connectivity index (χ0n) is 12.7.